The van der Waals surface area contributed by atoms with Crippen LogP contribution in [0.1, 0.15) is 0 Å². The molecule has 0 saturated carbocycles. The molecule has 1 aliphatic rings. The first-order chi connectivity index (χ1) is 9.25. The number of hydrogen-bond acceptors (Lipinski definition) is 6. The summed E-state index contributed by atoms with van der Waals surface area (Å²) in [4.78, 5) is 12.1. The highest BCUT2D eigenvalue weighted by molar-refractivity contribution is 7.00. The third-order valence-corrected chi connectivity index (χ3v) is 3.70. The van der Waals surface area contributed by atoms with Crippen LogP contribution >= 0.6 is 23.3 Å². The molecule has 1 aromatic carbocycles. The molecule has 1 saturated heterocycles. The van der Waals surface area contributed by atoms with E-state index in [0.29, 0.717) is 34.9 Å². The van der Waals surface area contributed by atoms with Crippen molar-refractivity contribution < 1.29 is 9.53 Å². The van der Waals surface area contributed by atoms with Crippen molar-refractivity contribution in [2.24, 2.45) is 0 Å². The number of nitrogens with zero attached hydrogens (tertiary/aromatic N) is 2. The second kappa shape index (κ2) is 5.38. The van der Waals surface area contributed by atoms with Crippen molar-refractivity contribution in [3.63, 3.8) is 0 Å². The van der Waals surface area contributed by atoms with Crippen LogP contribution in [0, 0.1) is 0 Å². The van der Waals surface area contributed by atoms with Crippen molar-refractivity contribution in [1.82, 2.24) is 14.1 Å². The highest BCUT2D eigenvalue weighted by Crippen LogP contribution is 2.30. The van der Waals surface area contributed by atoms with Gasteiger partial charge in [0.15, 0.2) is 0 Å². The Morgan fingerprint density at radius 1 is 1.53 bits per heavy atom. The molecule has 6 nitrogen and oxygen atoms in total. The number of nitrogens with one attached hydrogen (secondary N) is 2. The summed E-state index contributed by atoms with van der Waals surface area (Å²) in [6.45, 7) is 1.78. The number of halogens is 1. The molecule has 1 atom stereocenters. The fourth-order valence-electron chi connectivity index (χ4n) is 1.88. The van der Waals surface area contributed by atoms with E-state index in [2.05, 4.69) is 19.4 Å². The summed E-state index contributed by atoms with van der Waals surface area (Å²) in [5.74, 6) is -0.227. The third-order valence-electron chi connectivity index (χ3n) is 2.85. The minimum absolute atomic E-state index is 0.227. The number of ether oxygens (including phenoxy) is 1. The van der Waals surface area contributed by atoms with Crippen LogP contribution < -0.4 is 10.6 Å². The minimum atomic E-state index is -0.508. The van der Waals surface area contributed by atoms with E-state index in [1.807, 2.05) is 0 Å². The molecule has 8 heteroatoms. The summed E-state index contributed by atoms with van der Waals surface area (Å²) in [5, 5.41) is 6.32. The van der Waals surface area contributed by atoms with Crippen LogP contribution in [-0.4, -0.2) is 40.5 Å². The number of carbonyl (C=O) groups excluding carboxylic acids is 1. The van der Waals surface area contributed by atoms with Crippen LogP contribution in [0.3, 0.4) is 0 Å². The molecule has 0 spiro atoms. The Labute approximate surface area is 118 Å². The molecule has 0 aliphatic carbocycles. The van der Waals surface area contributed by atoms with E-state index >= 15 is 0 Å². The lowest BCUT2D eigenvalue weighted by atomic mass is 10.2. The molecule has 1 aromatic heterocycles. The van der Waals surface area contributed by atoms with Gasteiger partial charge in [0.1, 0.15) is 17.1 Å². The van der Waals surface area contributed by atoms with Gasteiger partial charge in [-0.2, -0.15) is 8.75 Å². The molecule has 1 amide bonds. The predicted molar refractivity (Wildman–Crippen MR) is 73.7 cm³/mol. The smallest absolute Gasteiger partial charge is 0.254 e. The number of amides is 1. The summed E-state index contributed by atoms with van der Waals surface area (Å²) in [7, 11) is 0. The fraction of sp³-hybridized carbons (Fsp3) is 0.364. The standard InChI is InChI=1S/C11H11ClN4O2S/c12-6-1-2-7-10(16-19-15-7)9(6)14-11(17)8-5-13-3-4-18-8/h1-2,8,13H,3-5H2,(H,14,17). The maximum absolute atomic E-state index is 12.1. The molecule has 100 valence electrons. The van der Waals surface area contributed by atoms with E-state index in [1.54, 1.807) is 12.1 Å². The van der Waals surface area contributed by atoms with E-state index < -0.39 is 6.10 Å². The second-order valence-corrected chi connectivity index (χ2v) is 5.04. The van der Waals surface area contributed by atoms with Gasteiger partial charge >= 0.3 is 0 Å². The van der Waals surface area contributed by atoms with Crippen molar-refractivity contribution >= 4 is 46.0 Å². The van der Waals surface area contributed by atoms with E-state index in [-0.39, 0.29) is 5.91 Å². The topological polar surface area (TPSA) is 76.1 Å². The molecular formula is C11H11ClN4O2S. The van der Waals surface area contributed by atoms with Gasteiger partial charge in [0.25, 0.3) is 5.91 Å². The number of fused-ring (bicyclic) bond motifs is 1. The van der Waals surface area contributed by atoms with Crippen LogP contribution in [-0.2, 0) is 9.53 Å². The maximum atomic E-state index is 12.1. The lowest BCUT2D eigenvalue weighted by Crippen LogP contribution is -2.45. The number of carbonyl (C=O) groups is 1. The molecule has 3 rings (SSSR count). The van der Waals surface area contributed by atoms with Gasteiger partial charge in [0.05, 0.1) is 29.0 Å². The summed E-state index contributed by atoms with van der Waals surface area (Å²) in [6, 6.07) is 3.47. The Morgan fingerprint density at radius 2 is 2.42 bits per heavy atom. The molecule has 0 bridgehead atoms. The van der Waals surface area contributed by atoms with E-state index in [0.717, 1.165) is 18.3 Å². The van der Waals surface area contributed by atoms with Crippen LogP contribution in [0.4, 0.5) is 5.69 Å². The molecule has 1 unspecified atom stereocenters. The lowest BCUT2D eigenvalue weighted by molar-refractivity contribution is -0.128. The number of rotatable bonds is 2. The summed E-state index contributed by atoms with van der Waals surface area (Å²) in [6.07, 6.45) is -0.508. The zero-order valence-corrected chi connectivity index (χ0v) is 11.4. The molecule has 19 heavy (non-hydrogen) atoms. The average Bonchev–Trinajstić information content (AvgIpc) is 2.91. The number of morpholine rings is 1. The van der Waals surface area contributed by atoms with E-state index in [4.69, 9.17) is 16.3 Å². The summed E-state index contributed by atoms with van der Waals surface area (Å²) in [5.41, 5.74) is 1.81. The normalized spacial score (nSPS) is 19.5. The number of hydrogen-bond donors (Lipinski definition) is 2. The molecule has 2 N–H and O–H groups in total. The monoisotopic (exact) mass is 298 g/mol. The SMILES string of the molecule is O=C(Nc1c(Cl)ccc2nsnc12)C1CNCCO1. The van der Waals surface area contributed by atoms with Gasteiger partial charge < -0.3 is 15.4 Å². The molecular weight excluding hydrogens is 288 g/mol. The Balaban J connectivity index is 1.86. The second-order valence-electron chi connectivity index (χ2n) is 4.11. The van der Waals surface area contributed by atoms with Gasteiger partial charge in [-0.05, 0) is 12.1 Å². The van der Waals surface area contributed by atoms with Gasteiger partial charge in [-0.3, -0.25) is 4.79 Å². The summed E-state index contributed by atoms with van der Waals surface area (Å²) >= 11 is 7.19. The predicted octanol–water partition coefficient (Wildman–Crippen LogP) is 1.27. The lowest BCUT2D eigenvalue weighted by Gasteiger charge is -2.22. The zero-order chi connectivity index (χ0) is 13.2. The van der Waals surface area contributed by atoms with Gasteiger partial charge in [-0.1, -0.05) is 11.6 Å². The molecule has 0 radical (unpaired) electrons. The molecule has 1 aliphatic heterocycles. The largest absolute Gasteiger partial charge is 0.366 e. The Hall–Kier alpha value is -1.28. The van der Waals surface area contributed by atoms with Crippen molar-refractivity contribution in [1.29, 1.82) is 0 Å². The van der Waals surface area contributed by atoms with Crippen molar-refractivity contribution in [2.45, 2.75) is 6.10 Å². The van der Waals surface area contributed by atoms with Gasteiger partial charge in [0, 0.05) is 13.1 Å². The Bertz CT molecular complexity index is 612. The molecule has 1 fully saturated rings. The third kappa shape index (κ3) is 2.55. The Kier molecular flexibility index (Phi) is 3.61. The van der Waals surface area contributed by atoms with Crippen molar-refractivity contribution in [3.05, 3.63) is 17.2 Å². The molecule has 2 heterocycles. The van der Waals surface area contributed by atoms with E-state index in [9.17, 15) is 4.79 Å². The fourth-order valence-corrected chi connectivity index (χ4v) is 2.63. The Morgan fingerprint density at radius 3 is 3.21 bits per heavy atom. The minimum Gasteiger partial charge on any atom is -0.366 e. The number of benzene rings is 1. The quantitative estimate of drug-likeness (QED) is 0.873. The maximum Gasteiger partial charge on any atom is 0.254 e. The van der Waals surface area contributed by atoms with Crippen LogP contribution in [0.25, 0.3) is 11.0 Å². The zero-order valence-electron chi connectivity index (χ0n) is 9.85. The van der Waals surface area contributed by atoms with Crippen LogP contribution in [0.5, 0.6) is 0 Å². The highest BCUT2D eigenvalue weighted by atomic mass is 35.5. The van der Waals surface area contributed by atoms with Gasteiger partial charge in [-0.25, -0.2) is 0 Å². The van der Waals surface area contributed by atoms with Crippen molar-refractivity contribution in [2.75, 3.05) is 25.0 Å². The summed E-state index contributed by atoms with van der Waals surface area (Å²) < 4.78 is 13.7. The van der Waals surface area contributed by atoms with Crippen LogP contribution in [0.15, 0.2) is 12.1 Å². The van der Waals surface area contributed by atoms with E-state index in [1.165, 1.54) is 0 Å². The first kappa shape index (κ1) is 12.7. The highest BCUT2D eigenvalue weighted by Gasteiger charge is 2.23. The number of anilines is 1. The molecule has 2 aromatic rings. The first-order valence-corrected chi connectivity index (χ1v) is 6.90. The average molecular weight is 299 g/mol. The number of aromatic nitrogens is 2. The van der Waals surface area contributed by atoms with Crippen molar-refractivity contribution in [3.8, 4) is 0 Å². The van der Waals surface area contributed by atoms with Gasteiger partial charge in [0.2, 0.25) is 0 Å². The first-order valence-electron chi connectivity index (χ1n) is 5.79. The van der Waals surface area contributed by atoms with Gasteiger partial charge in [-0.15, -0.1) is 0 Å². The van der Waals surface area contributed by atoms with Crippen LogP contribution in [0.2, 0.25) is 5.02 Å².